The van der Waals surface area contributed by atoms with E-state index in [4.69, 9.17) is 11.6 Å². The van der Waals surface area contributed by atoms with Crippen molar-refractivity contribution in [3.05, 3.63) is 29.0 Å². The molecule has 1 atom stereocenters. The van der Waals surface area contributed by atoms with Crippen LogP contribution >= 0.6 is 11.6 Å². The highest BCUT2D eigenvalue weighted by Crippen LogP contribution is 2.29. The Kier molecular flexibility index (Phi) is 2.15. The van der Waals surface area contributed by atoms with Gasteiger partial charge in [0.25, 0.3) is 0 Å². The van der Waals surface area contributed by atoms with E-state index in [9.17, 15) is 0 Å². The lowest BCUT2D eigenvalue weighted by Gasteiger charge is -2.05. The first kappa shape index (κ1) is 9.19. The largest absolute Gasteiger partial charge is 0.346 e. The first-order valence-corrected chi connectivity index (χ1v) is 5.56. The monoisotopic (exact) mass is 221 g/mol. The van der Waals surface area contributed by atoms with Crippen LogP contribution in [0.15, 0.2) is 18.3 Å². The van der Waals surface area contributed by atoms with Gasteiger partial charge in [-0.15, -0.1) is 0 Å². The van der Waals surface area contributed by atoms with Crippen molar-refractivity contribution in [2.45, 2.75) is 12.3 Å². The highest BCUT2D eigenvalue weighted by Gasteiger charge is 2.19. The van der Waals surface area contributed by atoms with E-state index < -0.39 is 0 Å². The molecule has 0 aromatic carbocycles. The number of hydrogen-bond acceptors (Lipinski definition) is 2. The van der Waals surface area contributed by atoms with Crippen LogP contribution in [0.25, 0.3) is 11.0 Å². The maximum Gasteiger partial charge on any atom is 0.139 e. The Hall–Kier alpha value is -1.06. The second kappa shape index (κ2) is 3.51. The molecule has 0 spiro atoms. The van der Waals surface area contributed by atoms with Crippen LogP contribution in [0.4, 0.5) is 0 Å². The number of hydrogen-bond donors (Lipinski definition) is 2. The number of nitrogens with one attached hydrogen (secondary N) is 2. The molecular weight excluding hydrogens is 210 g/mol. The predicted molar refractivity (Wildman–Crippen MR) is 61.3 cm³/mol. The van der Waals surface area contributed by atoms with Crippen LogP contribution < -0.4 is 5.32 Å². The molecule has 0 aliphatic carbocycles. The van der Waals surface area contributed by atoms with Gasteiger partial charge in [0.05, 0.1) is 0 Å². The van der Waals surface area contributed by atoms with Crippen molar-refractivity contribution in [2.24, 2.45) is 0 Å². The molecule has 2 aromatic heterocycles. The van der Waals surface area contributed by atoms with E-state index in [2.05, 4.69) is 27.5 Å². The quantitative estimate of drug-likeness (QED) is 0.726. The number of rotatable bonds is 1. The Morgan fingerprint density at radius 1 is 1.40 bits per heavy atom. The average molecular weight is 222 g/mol. The molecular formula is C11H12ClN3. The third-order valence-corrected chi connectivity index (χ3v) is 3.25. The lowest BCUT2D eigenvalue weighted by Crippen LogP contribution is -2.07. The fraction of sp³-hybridized carbons (Fsp3) is 0.364. The Labute approximate surface area is 92.8 Å². The number of fused-ring (bicyclic) bond motifs is 1. The Balaban J connectivity index is 2.11. The smallest absolute Gasteiger partial charge is 0.139 e. The molecule has 0 bridgehead atoms. The summed E-state index contributed by atoms with van der Waals surface area (Å²) >= 11 is 5.84. The van der Waals surface area contributed by atoms with Crippen LogP contribution in [0.2, 0.25) is 5.15 Å². The fourth-order valence-corrected chi connectivity index (χ4v) is 2.41. The van der Waals surface area contributed by atoms with Crippen LogP contribution in [0.1, 0.15) is 17.9 Å². The molecule has 3 nitrogen and oxygen atoms in total. The van der Waals surface area contributed by atoms with Crippen molar-refractivity contribution in [1.82, 2.24) is 15.3 Å². The average Bonchev–Trinajstić information content (AvgIpc) is 2.82. The summed E-state index contributed by atoms with van der Waals surface area (Å²) in [6, 6.07) is 3.90. The zero-order chi connectivity index (χ0) is 10.3. The number of nitrogens with zero attached hydrogens (tertiary/aromatic N) is 1. The molecule has 78 valence electrons. The van der Waals surface area contributed by atoms with Crippen LogP contribution in [0.5, 0.6) is 0 Å². The summed E-state index contributed by atoms with van der Waals surface area (Å²) in [5, 5.41) is 5.12. The topological polar surface area (TPSA) is 40.7 Å². The molecule has 1 unspecified atom stereocenters. The van der Waals surface area contributed by atoms with E-state index in [1.54, 1.807) is 0 Å². The van der Waals surface area contributed by atoms with Gasteiger partial charge in [0.1, 0.15) is 10.8 Å². The third kappa shape index (κ3) is 1.52. The Bertz CT molecular complexity index is 486. The minimum absolute atomic E-state index is 0.542. The molecule has 15 heavy (non-hydrogen) atoms. The van der Waals surface area contributed by atoms with Crippen molar-refractivity contribution < 1.29 is 0 Å². The molecule has 1 saturated heterocycles. The summed E-state index contributed by atoms with van der Waals surface area (Å²) < 4.78 is 0. The Morgan fingerprint density at radius 3 is 3.13 bits per heavy atom. The summed E-state index contributed by atoms with van der Waals surface area (Å²) in [4.78, 5) is 7.44. The van der Waals surface area contributed by atoms with Crippen molar-refractivity contribution >= 4 is 22.6 Å². The SMILES string of the molecule is Clc1ccc2c(C3CCNC3)c[nH]c2n1. The summed E-state index contributed by atoms with van der Waals surface area (Å²) in [7, 11) is 0. The van der Waals surface area contributed by atoms with Gasteiger partial charge < -0.3 is 10.3 Å². The highest BCUT2D eigenvalue weighted by atomic mass is 35.5. The van der Waals surface area contributed by atoms with Crippen LogP contribution in [-0.4, -0.2) is 23.1 Å². The fourth-order valence-electron chi connectivity index (χ4n) is 2.26. The van der Waals surface area contributed by atoms with Crippen LogP contribution in [0, 0.1) is 0 Å². The van der Waals surface area contributed by atoms with Crippen LogP contribution in [-0.2, 0) is 0 Å². The summed E-state index contributed by atoms with van der Waals surface area (Å²) in [6.45, 7) is 2.17. The molecule has 0 amide bonds. The van der Waals surface area contributed by atoms with Gasteiger partial charge in [0.15, 0.2) is 0 Å². The van der Waals surface area contributed by atoms with E-state index in [0.717, 1.165) is 18.7 Å². The van der Waals surface area contributed by atoms with E-state index in [0.29, 0.717) is 11.1 Å². The molecule has 2 aromatic rings. The van der Waals surface area contributed by atoms with Crippen LogP contribution in [0.3, 0.4) is 0 Å². The maximum absolute atomic E-state index is 5.84. The van der Waals surface area contributed by atoms with Crippen molar-refractivity contribution in [2.75, 3.05) is 13.1 Å². The zero-order valence-corrected chi connectivity index (χ0v) is 9.01. The molecule has 1 aliphatic rings. The van der Waals surface area contributed by atoms with Crippen molar-refractivity contribution in [3.63, 3.8) is 0 Å². The highest BCUT2D eigenvalue weighted by molar-refractivity contribution is 6.29. The molecule has 0 saturated carbocycles. The predicted octanol–water partition coefficient (Wildman–Crippen LogP) is 2.29. The van der Waals surface area contributed by atoms with E-state index in [-0.39, 0.29) is 0 Å². The van der Waals surface area contributed by atoms with Gasteiger partial charge in [0.2, 0.25) is 0 Å². The normalized spacial score (nSPS) is 21.3. The number of halogens is 1. The van der Waals surface area contributed by atoms with E-state index >= 15 is 0 Å². The van der Waals surface area contributed by atoms with Gasteiger partial charge in [0, 0.05) is 18.1 Å². The number of H-pyrrole nitrogens is 1. The Morgan fingerprint density at radius 2 is 2.33 bits per heavy atom. The third-order valence-electron chi connectivity index (χ3n) is 3.04. The lowest BCUT2D eigenvalue weighted by atomic mass is 9.99. The van der Waals surface area contributed by atoms with Gasteiger partial charge in [-0.3, -0.25) is 0 Å². The first-order valence-electron chi connectivity index (χ1n) is 5.19. The van der Waals surface area contributed by atoms with Crippen molar-refractivity contribution in [3.8, 4) is 0 Å². The van der Waals surface area contributed by atoms with Gasteiger partial charge in [-0.2, -0.15) is 0 Å². The van der Waals surface area contributed by atoms with Crippen molar-refractivity contribution in [1.29, 1.82) is 0 Å². The molecule has 0 radical (unpaired) electrons. The van der Waals surface area contributed by atoms with Gasteiger partial charge in [-0.25, -0.2) is 4.98 Å². The van der Waals surface area contributed by atoms with Gasteiger partial charge in [-0.05, 0) is 36.6 Å². The summed E-state index contributed by atoms with van der Waals surface area (Å²) in [5.41, 5.74) is 2.25. The number of aromatic amines is 1. The molecule has 1 fully saturated rings. The number of aromatic nitrogens is 2. The minimum Gasteiger partial charge on any atom is -0.346 e. The molecule has 3 rings (SSSR count). The summed E-state index contributed by atoms with van der Waals surface area (Å²) in [5.74, 6) is 0.613. The lowest BCUT2D eigenvalue weighted by molar-refractivity contribution is 0.769. The minimum atomic E-state index is 0.542. The van der Waals surface area contributed by atoms with Gasteiger partial charge in [-0.1, -0.05) is 11.6 Å². The molecule has 4 heteroatoms. The molecule has 3 heterocycles. The standard InChI is InChI=1S/C11H12ClN3/c12-10-2-1-8-9(6-14-11(8)15-10)7-3-4-13-5-7/h1-2,6-7,13H,3-5H2,(H,14,15). The van der Waals surface area contributed by atoms with Gasteiger partial charge >= 0.3 is 0 Å². The van der Waals surface area contributed by atoms with E-state index in [1.165, 1.54) is 17.4 Å². The van der Waals surface area contributed by atoms with E-state index in [1.807, 2.05) is 6.07 Å². The zero-order valence-electron chi connectivity index (χ0n) is 8.26. The second-order valence-electron chi connectivity index (χ2n) is 3.96. The number of pyridine rings is 1. The first-order chi connectivity index (χ1) is 7.34. The second-order valence-corrected chi connectivity index (χ2v) is 4.35. The molecule has 1 aliphatic heterocycles. The maximum atomic E-state index is 5.84. The molecule has 2 N–H and O–H groups in total. The summed E-state index contributed by atoms with van der Waals surface area (Å²) in [6.07, 6.45) is 3.27.